The lowest BCUT2D eigenvalue weighted by Crippen LogP contribution is -2.32. The van der Waals surface area contributed by atoms with Gasteiger partial charge in [-0.25, -0.2) is 4.98 Å². The molecule has 3 aromatic rings. The molecule has 0 saturated heterocycles. The second kappa shape index (κ2) is 8.67. The standard InChI is InChI=1S/C19H23N5OS2/c1-5-13(3)20-18(25)15-10-26-17(21-15)11-27-19-23-22-14(4)24(19)16-9-7-6-8-12(16)2/h6-10,13H,5,11H2,1-4H3,(H,20,25)/t13-/m1/s1. The number of thiazole rings is 1. The van der Waals surface area contributed by atoms with E-state index >= 15 is 0 Å². The van der Waals surface area contributed by atoms with Crippen LogP contribution >= 0.6 is 23.1 Å². The molecule has 1 amide bonds. The van der Waals surface area contributed by atoms with Gasteiger partial charge in [-0.3, -0.25) is 9.36 Å². The molecule has 6 nitrogen and oxygen atoms in total. The Bertz CT molecular complexity index is 934. The van der Waals surface area contributed by atoms with E-state index in [2.05, 4.69) is 44.1 Å². The van der Waals surface area contributed by atoms with E-state index in [4.69, 9.17) is 0 Å². The number of carbonyl (C=O) groups excluding carboxylic acids is 1. The summed E-state index contributed by atoms with van der Waals surface area (Å²) in [5.74, 6) is 1.38. The van der Waals surface area contributed by atoms with E-state index in [0.29, 0.717) is 11.4 Å². The van der Waals surface area contributed by atoms with Crippen molar-refractivity contribution in [3.63, 3.8) is 0 Å². The third-order valence-electron chi connectivity index (χ3n) is 4.25. The average molecular weight is 402 g/mol. The highest BCUT2D eigenvalue weighted by molar-refractivity contribution is 7.98. The van der Waals surface area contributed by atoms with Crippen LogP contribution in [0.1, 0.15) is 47.2 Å². The van der Waals surface area contributed by atoms with Crippen LogP contribution in [-0.4, -0.2) is 31.7 Å². The number of hydrogen-bond acceptors (Lipinski definition) is 6. The van der Waals surface area contributed by atoms with Gasteiger partial charge in [0.05, 0.1) is 11.4 Å². The summed E-state index contributed by atoms with van der Waals surface area (Å²) in [7, 11) is 0. The first kappa shape index (κ1) is 19.6. The van der Waals surface area contributed by atoms with E-state index in [1.807, 2.05) is 38.3 Å². The Hall–Kier alpha value is -2.19. The van der Waals surface area contributed by atoms with Crippen molar-refractivity contribution < 1.29 is 4.79 Å². The monoisotopic (exact) mass is 401 g/mol. The first-order valence-electron chi connectivity index (χ1n) is 8.85. The molecule has 0 aliphatic rings. The average Bonchev–Trinajstić information content (AvgIpc) is 3.27. The summed E-state index contributed by atoms with van der Waals surface area (Å²) in [6.07, 6.45) is 0.895. The molecule has 0 spiro atoms. The van der Waals surface area contributed by atoms with Crippen molar-refractivity contribution in [3.8, 4) is 5.69 Å². The van der Waals surface area contributed by atoms with Crippen LogP contribution in [0.4, 0.5) is 0 Å². The number of rotatable bonds is 7. The molecule has 0 unspecified atom stereocenters. The second-order valence-corrected chi connectivity index (χ2v) is 8.23. The van der Waals surface area contributed by atoms with Crippen LogP contribution in [0, 0.1) is 13.8 Å². The molecule has 0 fully saturated rings. The lowest BCUT2D eigenvalue weighted by atomic mass is 10.2. The molecular weight excluding hydrogens is 378 g/mol. The molecule has 0 aliphatic carbocycles. The Balaban J connectivity index is 1.72. The maximum absolute atomic E-state index is 12.2. The maximum atomic E-state index is 12.2. The van der Waals surface area contributed by atoms with E-state index in [9.17, 15) is 4.79 Å². The second-order valence-electron chi connectivity index (χ2n) is 6.35. The number of hydrogen-bond donors (Lipinski definition) is 1. The maximum Gasteiger partial charge on any atom is 0.270 e. The van der Waals surface area contributed by atoms with Crippen molar-refractivity contribution >= 4 is 29.0 Å². The van der Waals surface area contributed by atoms with Crippen molar-refractivity contribution in [2.24, 2.45) is 0 Å². The lowest BCUT2D eigenvalue weighted by molar-refractivity contribution is 0.0935. The fourth-order valence-corrected chi connectivity index (χ4v) is 4.32. The van der Waals surface area contributed by atoms with Crippen molar-refractivity contribution in [1.29, 1.82) is 0 Å². The van der Waals surface area contributed by atoms with E-state index < -0.39 is 0 Å². The van der Waals surface area contributed by atoms with Gasteiger partial charge in [0.15, 0.2) is 5.16 Å². The number of carbonyl (C=O) groups is 1. The molecule has 1 aromatic carbocycles. The van der Waals surface area contributed by atoms with E-state index in [1.165, 1.54) is 16.9 Å². The minimum atomic E-state index is -0.115. The molecule has 2 heterocycles. The largest absolute Gasteiger partial charge is 0.348 e. The molecule has 142 valence electrons. The minimum Gasteiger partial charge on any atom is -0.348 e. The van der Waals surface area contributed by atoms with Gasteiger partial charge in [-0.1, -0.05) is 36.9 Å². The van der Waals surface area contributed by atoms with Crippen LogP contribution in [0.15, 0.2) is 34.8 Å². The number of para-hydroxylation sites is 1. The number of nitrogens with one attached hydrogen (secondary N) is 1. The molecule has 27 heavy (non-hydrogen) atoms. The highest BCUT2D eigenvalue weighted by Crippen LogP contribution is 2.27. The molecule has 2 aromatic heterocycles. The molecule has 0 bridgehead atoms. The van der Waals surface area contributed by atoms with Crippen LogP contribution in [0.5, 0.6) is 0 Å². The van der Waals surface area contributed by atoms with Gasteiger partial charge in [0.2, 0.25) is 0 Å². The highest BCUT2D eigenvalue weighted by Gasteiger charge is 2.16. The van der Waals surface area contributed by atoms with Crippen LogP contribution < -0.4 is 5.32 Å². The van der Waals surface area contributed by atoms with Crippen LogP contribution in [0.3, 0.4) is 0 Å². The summed E-state index contributed by atoms with van der Waals surface area (Å²) >= 11 is 3.07. The first-order chi connectivity index (χ1) is 13.0. The van der Waals surface area contributed by atoms with Crippen LogP contribution in [-0.2, 0) is 5.75 Å². The van der Waals surface area contributed by atoms with E-state index in [0.717, 1.165) is 28.1 Å². The zero-order chi connectivity index (χ0) is 19.4. The normalized spacial score (nSPS) is 12.1. The zero-order valence-electron chi connectivity index (χ0n) is 15.9. The third kappa shape index (κ3) is 4.56. The molecule has 1 N–H and O–H groups in total. The van der Waals surface area contributed by atoms with E-state index in [-0.39, 0.29) is 11.9 Å². The SMILES string of the molecule is CC[C@@H](C)NC(=O)c1csc(CSc2nnc(C)n2-c2ccccc2C)n1. The molecule has 1 atom stereocenters. The number of aromatic nitrogens is 4. The Morgan fingerprint density at radius 1 is 1.30 bits per heavy atom. The van der Waals surface area contributed by atoms with Gasteiger partial charge in [-0.15, -0.1) is 21.5 Å². The zero-order valence-corrected chi connectivity index (χ0v) is 17.5. The van der Waals surface area contributed by atoms with Crippen LogP contribution in [0.2, 0.25) is 0 Å². The Labute approximate surface area is 167 Å². The molecule has 3 rings (SSSR count). The predicted molar refractivity (Wildman–Crippen MR) is 110 cm³/mol. The predicted octanol–water partition coefficient (Wildman–Crippen LogP) is 4.16. The summed E-state index contributed by atoms with van der Waals surface area (Å²) in [4.78, 5) is 16.6. The van der Waals surface area contributed by atoms with Gasteiger partial charge >= 0.3 is 0 Å². The molecule has 0 radical (unpaired) electrons. The van der Waals surface area contributed by atoms with Crippen molar-refractivity contribution in [1.82, 2.24) is 25.1 Å². The molecular formula is C19H23N5OS2. The number of benzene rings is 1. The summed E-state index contributed by atoms with van der Waals surface area (Å²) in [5, 5.41) is 15.0. The molecule has 8 heteroatoms. The van der Waals surface area contributed by atoms with Gasteiger partial charge in [-0.05, 0) is 38.8 Å². The third-order valence-corrected chi connectivity index (χ3v) is 6.22. The van der Waals surface area contributed by atoms with E-state index in [1.54, 1.807) is 11.8 Å². The Morgan fingerprint density at radius 3 is 2.81 bits per heavy atom. The Kier molecular flexibility index (Phi) is 6.28. The van der Waals surface area contributed by atoms with Gasteiger partial charge in [-0.2, -0.15) is 0 Å². The summed E-state index contributed by atoms with van der Waals surface area (Å²) < 4.78 is 2.06. The van der Waals surface area contributed by atoms with Crippen LogP contribution in [0.25, 0.3) is 5.69 Å². The van der Waals surface area contributed by atoms with Gasteiger partial charge in [0.1, 0.15) is 16.5 Å². The van der Waals surface area contributed by atoms with Gasteiger partial charge in [0.25, 0.3) is 5.91 Å². The number of thioether (sulfide) groups is 1. The number of amides is 1. The molecule has 0 saturated carbocycles. The smallest absolute Gasteiger partial charge is 0.270 e. The topological polar surface area (TPSA) is 72.7 Å². The quantitative estimate of drug-likeness (QED) is 0.602. The summed E-state index contributed by atoms with van der Waals surface area (Å²) in [6, 6.07) is 8.32. The summed E-state index contributed by atoms with van der Waals surface area (Å²) in [6.45, 7) is 8.05. The minimum absolute atomic E-state index is 0.115. The van der Waals surface area contributed by atoms with Gasteiger partial charge < -0.3 is 5.32 Å². The van der Waals surface area contributed by atoms with Gasteiger partial charge in [0, 0.05) is 11.4 Å². The molecule has 0 aliphatic heterocycles. The summed E-state index contributed by atoms with van der Waals surface area (Å²) in [5.41, 5.74) is 2.73. The highest BCUT2D eigenvalue weighted by atomic mass is 32.2. The fourth-order valence-electron chi connectivity index (χ4n) is 2.54. The Morgan fingerprint density at radius 2 is 2.07 bits per heavy atom. The first-order valence-corrected chi connectivity index (χ1v) is 10.7. The number of nitrogens with zero attached hydrogens (tertiary/aromatic N) is 4. The van der Waals surface area contributed by atoms with Crippen molar-refractivity contribution in [2.75, 3.05) is 0 Å². The number of aryl methyl sites for hydroxylation is 2. The van der Waals surface area contributed by atoms with Crippen molar-refractivity contribution in [3.05, 3.63) is 51.7 Å². The fraction of sp³-hybridized carbons (Fsp3) is 0.368. The lowest BCUT2D eigenvalue weighted by Gasteiger charge is -2.10. The van der Waals surface area contributed by atoms with Crippen molar-refractivity contribution in [2.45, 2.75) is 51.1 Å².